The number of hydrogen-bond donors (Lipinski definition) is 0. The fourth-order valence-corrected chi connectivity index (χ4v) is 3.80. The Morgan fingerprint density at radius 1 is 1.17 bits per heavy atom. The molecule has 1 amide bonds. The summed E-state index contributed by atoms with van der Waals surface area (Å²) in [5.41, 5.74) is 1.31. The Morgan fingerprint density at radius 2 is 2.03 bits per heavy atom. The molecule has 0 saturated carbocycles. The molecule has 0 unspecified atom stereocenters. The molecule has 7 nitrogen and oxygen atoms in total. The van der Waals surface area contributed by atoms with E-state index in [-0.39, 0.29) is 17.8 Å². The van der Waals surface area contributed by atoms with Gasteiger partial charge in [0.05, 0.1) is 21.7 Å². The first kappa shape index (κ1) is 18.6. The fraction of sp³-hybridized carbons (Fsp3) is 0.0500. The molecule has 2 aromatic carbocycles. The molecule has 29 heavy (non-hydrogen) atoms. The number of halogens is 1. The van der Waals surface area contributed by atoms with Crippen LogP contribution in [0, 0.1) is 15.9 Å². The summed E-state index contributed by atoms with van der Waals surface area (Å²) in [7, 11) is 0. The van der Waals surface area contributed by atoms with Crippen molar-refractivity contribution in [3.8, 4) is 0 Å². The lowest BCUT2D eigenvalue weighted by molar-refractivity contribution is -0.384. The van der Waals surface area contributed by atoms with E-state index in [9.17, 15) is 19.3 Å². The van der Waals surface area contributed by atoms with Crippen molar-refractivity contribution in [3.05, 3.63) is 94.0 Å². The third-order valence-electron chi connectivity index (χ3n) is 4.18. The van der Waals surface area contributed by atoms with Crippen LogP contribution in [-0.2, 0) is 6.54 Å². The normalized spacial score (nSPS) is 10.8. The lowest BCUT2D eigenvalue weighted by Crippen LogP contribution is -2.30. The average molecular weight is 408 g/mol. The van der Waals surface area contributed by atoms with E-state index < -0.39 is 16.6 Å². The third kappa shape index (κ3) is 3.94. The SMILES string of the molecule is O=C(c1cccc([N+](=O)[O-])c1)N(Cc1cccnc1)c1nc2ccc(F)cc2s1. The minimum atomic E-state index is -0.553. The van der Waals surface area contributed by atoms with Gasteiger partial charge in [0.25, 0.3) is 11.6 Å². The molecule has 2 heterocycles. The summed E-state index contributed by atoms with van der Waals surface area (Å²) in [4.78, 5) is 33.7. The minimum absolute atomic E-state index is 0.161. The maximum Gasteiger partial charge on any atom is 0.270 e. The zero-order valence-corrected chi connectivity index (χ0v) is 15.7. The Kier molecular flexibility index (Phi) is 4.96. The number of thiazole rings is 1. The van der Waals surface area contributed by atoms with Crippen LogP contribution in [-0.4, -0.2) is 20.8 Å². The van der Waals surface area contributed by atoms with Crippen LogP contribution in [0.4, 0.5) is 15.2 Å². The number of pyridine rings is 1. The predicted molar refractivity (Wildman–Crippen MR) is 107 cm³/mol. The summed E-state index contributed by atoms with van der Waals surface area (Å²) in [6.07, 6.45) is 3.25. The van der Waals surface area contributed by atoms with Gasteiger partial charge in [0.15, 0.2) is 5.13 Å². The van der Waals surface area contributed by atoms with E-state index >= 15 is 0 Å². The first-order valence-electron chi connectivity index (χ1n) is 8.52. The summed E-state index contributed by atoms with van der Waals surface area (Å²) < 4.78 is 14.2. The van der Waals surface area contributed by atoms with Crippen LogP contribution in [0.5, 0.6) is 0 Å². The van der Waals surface area contributed by atoms with Gasteiger partial charge in [-0.1, -0.05) is 23.5 Å². The van der Waals surface area contributed by atoms with E-state index in [4.69, 9.17) is 0 Å². The van der Waals surface area contributed by atoms with Crippen LogP contribution in [0.1, 0.15) is 15.9 Å². The van der Waals surface area contributed by atoms with Crippen molar-refractivity contribution >= 4 is 38.3 Å². The van der Waals surface area contributed by atoms with Crippen molar-refractivity contribution in [2.75, 3.05) is 4.90 Å². The van der Waals surface area contributed by atoms with E-state index in [1.807, 2.05) is 6.07 Å². The molecule has 0 bridgehead atoms. The van der Waals surface area contributed by atoms with Crippen LogP contribution in [0.3, 0.4) is 0 Å². The molecule has 0 aliphatic rings. The van der Waals surface area contributed by atoms with Gasteiger partial charge in [-0.15, -0.1) is 0 Å². The summed E-state index contributed by atoms with van der Waals surface area (Å²) in [6.45, 7) is 0.164. The topological polar surface area (TPSA) is 89.2 Å². The van der Waals surface area contributed by atoms with E-state index in [2.05, 4.69) is 9.97 Å². The Bertz CT molecular complexity index is 1210. The highest BCUT2D eigenvalue weighted by molar-refractivity contribution is 7.22. The highest BCUT2D eigenvalue weighted by atomic mass is 32.1. The number of nitro benzene ring substituents is 1. The molecule has 0 N–H and O–H groups in total. The molecule has 9 heteroatoms. The number of fused-ring (bicyclic) bond motifs is 1. The van der Waals surface area contributed by atoms with Crippen LogP contribution in [0.25, 0.3) is 10.2 Å². The second kappa shape index (κ2) is 7.72. The van der Waals surface area contributed by atoms with Gasteiger partial charge in [-0.2, -0.15) is 0 Å². The predicted octanol–water partition coefficient (Wildman–Crippen LogP) is 4.59. The van der Waals surface area contributed by atoms with Crippen LogP contribution in [0.15, 0.2) is 67.0 Å². The summed E-state index contributed by atoms with van der Waals surface area (Å²) in [5.74, 6) is -0.839. The number of hydrogen-bond acceptors (Lipinski definition) is 6. The molecule has 0 spiro atoms. The number of aromatic nitrogens is 2. The molecule has 0 aliphatic heterocycles. The molecule has 144 valence electrons. The monoisotopic (exact) mass is 408 g/mol. The third-order valence-corrected chi connectivity index (χ3v) is 5.22. The standard InChI is InChI=1S/C20H13FN4O3S/c21-15-6-7-17-18(10-15)29-20(23-17)24(12-13-3-2-8-22-11-13)19(26)14-4-1-5-16(9-14)25(27)28/h1-11H,12H2. The lowest BCUT2D eigenvalue weighted by atomic mass is 10.1. The number of non-ortho nitro benzene ring substituents is 1. The van der Waals surface area contributed by atoms with Gasteiger partial charge in [-0.3, -0.25) is 24.8 Å². The Morgan fingerprint density at radius 3 is 2.79 bits per heavy atom. The molecule has 0 fully saturated rings. The first-order chi connectivity index (χ1) is 14.0. The smallest absolute Gasteiger partial charge is 0.270 e. The van der Waals surface area contributed by atoms with E-state index in [1.54, 1.807) is 24.5 Å². The highest BCUT2D eigenvalue weighted by Crippen LogP contribution is 2.31. The van der Waals surface area contributed by atoms with Crippen molar-refractivity contribution in [1.29, 1.82) is 0 Å². The van der Waals surface area contributed by atoms with Crippen molar-refractivity contribution in [2.45, 2.75) is 6.54 Å². The summed E-state index contributed by atoms with van der Waals surface area (Å²) >= 11 is 1.17. The van der Waals surface area contributed by atoms with Gasteiger partial charge >= 0.3 is 0 Å². The van der Waals surface area contributed by atoms with Gasteiger partial charge in [-0.05, 0) is 35.9 Å². The Balaban J connectivity index is 1.77. The summed E-state index contributed by atoms with van der Waals surface area (Å²) in [5, 5.41) is 11.4. The lowest BCUT2D eigenvalue weighted by Gasteiger charge is -2.20. The fourth-order valence-electron chi connectivity index (χ4n) is 2.81. The van der Waals surface area contributed by atoms with Crippen LogP contribution >= 0.6 is 11.3 Å². The number of carbonyl (C=O) groups excluding carboxylic acids is 1. The summed E-state index contributed by atoms with van der Waals surface area (Å²) in [6, 6.07) is 13.3. The maximum atomic E-state index is 13.6. The number of benzene rings is 2. The second-order valence-corrected chi connectivity index (χ2v) is 7.18. The van der Waals surface area contributed by atoms with Crippen LogP contribution in [0.2, 0.25) is 0 Å². The van der Waals surface area contributed by atoms with Gasteiger partial charge in [-0.25, -0.2) is 9.37 Å². The maximum absolute atomic E-state index is 13.6. The van der Waals surface area contributed by atoms with Gasteiger partial charge in [0, 0.05) is 30.1 Å². The molecule has 0 saturated heterocycles. The van der Waals surface area contributed by atoms with Crippen molar-refractivity contribution in [3.63, 3.8) is 0 Å². The zero-order valence-electron chi connectivity index (χ0n) is 14.9. The van der Waals surface area contributed by atoms with E-state index in [1.165, 1.54) is 52.6 Å². The number of amides is 1. The molecular formula is C20H13FN4O3S. The van der Waals surface area contributed by atoms with Gasteiger partial charge in [0.2, 0.25) is 0 Å². The van der Waals surface area contributed by atoms with Crippen molar-refractivity contribution in [2.24, 2.45) is 0 Å². The number of nitro groups is 1. The van der Waals surface area contributed by atoms with Gasteiger partial charge in [0.1, 0.15) is 5.82 Å². The number of nitrogens with zero attached hydrogens (tertiary/aromatic N) is 4. The van der Waals surface area contributed by atoms with Gasteiger partial charge < -0.3 is 0 Å². The molecular weight excluding hydrogens is 395 g/mol. The average Bonchev–Trinajstić information content (AvgIpc) is 3.15. The molecule has 2 aromatic heterocycles. The molecule has 0 atom stereocenters. The molecule has 4 aromatic rings. The number of anilines is 1. The Labute approximate surface area is 168 Å². The largest absolute Gasteiger partial charge is 0.279 e. The van der Waals surface area contributed by atoms with Crippen molar-refractivity contribution < 1.29 is 14.1 Å². The van der Waals surface area contributed by atoms with E-state index in [0.717, 1.165) is 5.56 Å². The van der Waals surface area contributed by atoms with Crippen molar-refractivity contribution in [1.82, 2.24) is 9.97 Å². The number of carbonyl (C=O) groups is 1. The van der Waals surface area contributed by atoms with E-state index in [0.29, 0.717) is 15.3 Å². The minimum Gasteiger partial charge on any atom is -0.279 e. The van der Waals surface area contributed by atoms with Crippen LogP contribution < -0.4 is 4.90 Å². The molecule has 0 aliphatic carbocycles. The molecule has 4 rings (SSSR count). The number of rotatable bonds is 5. The first-order valence-corrected chi connectivity index (χ1v) is 9.34. The quantitative estimate of drug-likeness (QED) is 0.356. The molecule has 0 radical (unpaired) electrons. The Hall–Kier alpha value is -3.72. The highest BCUT2D eigenvalue weighted by Gasteiger charge is 2.23. The second-order valence-electron chi connectivity index (χ2n) is 6.17. The zero-order chi connectivity index (χ0) is 20.4.